The highest BCUT2D eigenvalue weighted by Gasteiger charge is 2.29. The topological polar surface area (TPSA) is 49.0 Å². The number of carbonyl (C=O) groups excluding carboxylic acids is 1. The van der Waals surface area contributed by atoms with Crippen molar-refractivity contribution in [2.24, 2.45) is 4.99 Å². The summed E-state index contributed by atoms with van der Waals surface area (Å²) in [5, 5.41) is 1.71. The van der Waals surface area contributed by atoms with Crippen LogP contribution in [0.2, 0.25) is 10.0 Å². The number of hydrogen-bond acceptors (Lipinski definition) is 5. The van der Waals surface area contributed by atoms with Crippen LogP contribution in [0.25, 0.3) is 17.4 Å². The summed E-state index contributed by atoms with van der Waals surface area (Å²) >= 11 is 13.5. The average molecular weight is 498 g/mol. The maximum atomic E-state index is 12.5. The standard InChI is InChI=1S/C25H21Cl2N3O2S/c1-16-3-2-4-18(13-16)29-9-11-30(12-10-29)25-28-24(31)23(33-25)15-19-6-8-22(32-19)17-5-7-20(26)21(27)14-17/h2-8,13-15H,9-12H2,1H3/b23-15-. The molecule has 168 valence electrons. The Morgan fingerprint density at radius 1 is 0.970 bits per heavy atom. The van der Waals surface area contributed by atoms with Gasteiger partial charge in [-0.15, -0.1) is 0 Å². The normalized spacial score (nSPS) is 17.7. The lowest BCUT2D eigenvalue weighted by Crippen LogP contribution is -2.47. The van der Waals surface area contributed by atoms with E-state index in [1.807, 2.05) is 18.2 Å². The SMILES string of the molecule is Cc1cccc(N2CCN(C3=NC(=O)/C(=C/c4ccc(-c5ccc(Cl)c(Cl)c5)o4)S3)CC2)c1. The quantitative estimate of drug-likeness (QED) is 0.394. The molecule has 0 aliphatic carbocycles. The highest BCUT2D eigenvalue weighted by molar-refractivity contribution is 8.18. The molecule has 2 aliphatic heterocycles. The number of furan rings is 1. The van der Waals surface area contributed by atoms with E-state index in [1.54, 1.807) is 18.2 Å². The molecule has 1 aromatic heterocycles. The first-order chi connectivity index (χ1) is 16.0. The first kappa shape index (κ1) is 22.1. The zero-order valence-corrected chi connectivity index (χ0v) is 20.3. The molecule has 0 atom stereocenters. The van der Waals surface area contributed by atoms with Gasteiger partial charge in [0.25, 0.3) is 5.91 Å². The Labute approximate surface area is 206 Å². The number of anilines is 1. The molecular weight excluding hydrogens is 477 g/mol. The molecule has 1 saturated heterocycles. The fourth-order valence-corrected chi connectivity index (χ4v) is 5.12. The van der Waals surface area contributed by atoms with Gasteiger partial charge in [-0.3, -0.25) is 4.79 Å². The lowest BCUT2D eigenvalue weighted by atomic mass is 10.2. The van der Waals surface area contributed by atoms with E-state index >= 15 is 0 Å². The number of aryl methyl sites for hydroxylation is 1. The van der Waals surface area contributed by atoms with Crippen LogP contribution >= 0.6 is 35.0 Å². The summed E-state index contributed by atoms with van der Waals surface area (Å²) in [7, 11) is 0. The van der Waals surface area contributed by atoms with Gasteiger partial charge in [-0.1, -0.05) is 35.3 Å². The number of carbonyl (C=O) groups is 1. The van der Waals surface area contributed by atoms with Crippen LogP contribution in [0.1, 0.15) is 11.3 Å². The van der Waals surface area contributed by atoms with Gasteiger partial charge in [0.05, 0.1) is 15.0 Å². The summed E-state index contributed by atoms with van der Waals surface area (Å²) in [4.78, 5) is 21.9. The number of nitrogens with zero attached hydrogens (tertiary/aromatic N) is 3. The van der Waals surface area contributed by atoms with E-state index in [1.165, 1.54) is 23.0 Å². The van der Waals surface area contributed by atoms with Crippen LogP contribution in [0.3, 0.4) is 0 Å². The molecule has 2 aliphatic rings. The minimum atomic E-state index is -0.233. The zero-order chi connectivity index (χ0) is 22.9. The molecule has 8 heteroatoms. The van der Waals surface area contributed by atoms with Gasteiger partial charge in [0, 0.05) is 43.5 Å². The Morgan fingerprint density at radius 2 is 1.76 bits per heavy atom. The predicted molar refractivity (Wildman–Crippen MR) is 137 cm³/mol. The molecule has 0 saturated carbocycles. The third-order valence-corrected chi connectivity index (χ3v) is 7.41. The lowest BCUT2D eigenvalue weighted by molar-refractivity contribution is -0.113. The summed E-state index contributed by atoms with van der Waals surface area (Å²) < 4.78 is 5.91. The molecule has 5 nitrogen and oxygen atoms in total. The van der Waals surface area contributed by atoms with Gasteiger partial charge >= 0.3 is 0 Å². The average Bonchev–Trinajstić information content (AvgIpc) is 3.43. The summed E-state index contributed by atoms with van der Waals surface area (Å²) in [5.74, 6) is 1.01. The van der Waals surface area contributed by atoms with Gasteiger partial charge in [-0.05, 0) is 66.7 Å². The third kappa shape index (κ3) is 4.83. The Balaban J connectivity index is 1.24. The van der Waals surface area contributed by atoms with Crippen molar-refractivity contribution in [1.29, 1.82) is 0 Å². The number of benzene rings is 2. The number of hydrogen-bond donors (Lipinski definition) is 0. The number of amidine groups is 1. The van der Waals surface area contributed by atoms with E-state index in [0.29, 0.717) is 26.5 Å². The smallest absolute Gasteiger partial charge is 0.286 e. The van der Waals surface area contributed by atoms with Gasteiger partial charge in [0.15, 0.2) is 5.17 Å². The molecule has 2 aromatic carbocycles. The summed E-state index contributed by atoms with van der Waals surface area (Å²) in [6.07, 6.45) is 1.74. The Kier molecular flexibility index (Phi) is 6.23. The van der Waals surface area contributed by atoms with Crippen LogP contribution in [0.4, 0.5) is 5.69 Å². The van der Waals surface area contributed by atoms with Crippen molar-refractivity contribution in [3.63, 3.8) is 0 Å². The molecule has 1 fully saturated rings. The van der Waals surface area contributed by atoms with Crippen molar-refractivity contribution in [2.75, 3.05) is 31.1 Å². The molecule has 0 unspecified atom stereocenters. The summed E-state index contributed by atoms with van der Waals surface area (Å²) in [5.41, 5.74) is 3.32. The maximum absolute atomic E-state index is 12.5. The zero-order valence-electron chi connectivity index (χ0n) is 17.9. The molecule has 3 aromatic rings. The third-order valence-electron chi connectivity index (χ3n) is 5.63. The van der Waals surface area contributed by atoms with Crippen LogP contribution in [0.15, 0.2) is 68.9 Å². The molecule has 33 heavy (non-hydrogen) atoms. The highest BCUT2D eigenvalue weighted by atomic mass is 35.5. The van der Waals surface area contributed by atoms with E-state index in [4.69, 9.17) is 27.6 Å². The number of thioether (sulfide) groups is 1. The largest absolute Gasteiger partial charge is 0.457 e. The van der Waals surface area contributed by atoms with E-state index in [2.05, 4.69) is 46.0 Å². The highest BCUT2D eigenvalue weighted by Crippen LogP contribution is 2.33. The van der Waals surface area contributed by atoms with Gasteiger partial charge in [-0.2, -0.15) is 4.99 Å². The number of amides is 1. The van der Waals surface area contributed by atoms with Crippen LogP contribution in [0.5, 0.6) is 0 Å². The molecule has 0 N–H and O–H groups in total. The van der Waals surface area contributed by atoms with Crippen molar-refractivity contribution < 1.29 is 9.21 Å². The van der Waals surface area contributed by atoms with Crippen LogP contribution < -0.4 is 4.90 Å². The van der Waals surface area contributed by atoms with Gasteiger partial charge in [0.2, 0.25) is 0 Å². The number of rotatable bonds is 3. The Hall–Kier alpha value is -2.67. The van der Waals surface area contributed by atoms with Crippen molar-refractivity contribution in [2.45, 2.75) is 6.92 Å². The molecular formula is C25H21Cl2N3O2S. The van der Waals surface area contributed by atoms with Crippen LogP contribution in [0, 0.1) is 6.92 Å². The van der Waals surface area contributed by atoms with Crippen molar-refractivity contribution in [1.82, 2.24) is 4.90 Å². The molecule has 5 rings (SSSR count). The number of aliphatic imine (C=N–C) groups is 1. The molecule has 1 amide bonds. The fourth-order valence-electron chi connectivity index (χ4n) is 3.88. The van der Waals surface area contributed by atoms with Gasteiger partial charge < -0.3 is 14.2 Å². The maximum Gasteiger partial charge on any atom is 0.286 e. The fraction of sp³-hybridized carbons (Fsp3) is 0.200. The van der Waals surface area contributed by atoms with Gasteiger partial charge in [0.1, 0.15) is 11.5 Å². The van der Waals surface area contributed by atoms with E-state index in [-0.39, 0.29) is 5.91 Å². The van der Waals surface area contributed by atoms with Gasteiger partial charge in [-0.25, -0.2) is 0 Å². The monoisotopic (exact) mass is 497 g/mol. The predicted octanol–water partition coefficient (Wildman–Crippen LogP) is 6.35. The first-order valence-corrected chi connectivity index (χ1v) is 12.2. The Morgan fingerprint density at radius 3 is 2.52 bits per heavy atom. The molecule has 3 heterocycles. The van der Waals surface area contributed by atoms with Crippen LogP contribution in [-0.4, -0.2) is 42.2 Å². The molecule has 0 spiro atoms. The second-order valence-corrected chi connectivity index (χ2v) is 9.78. The second kappa shape index (κ2) is 9.29. The first-order valence-electron chi connectivity index (χ1n) is 10.6. The Bertz CT molecular complexity index is 1280. The van der Waals surface area contributed by atoms with E-state index < -0.39 is 0 Å². The second-order valence-electron chi connectivity index (χ2n) is 7.95. The molecule has 0 bridgehead atoms. The minimum Gasteiger partial charge on any atom is -0.457 e. The lowest BCUT2D eigenvalue weighted by Gasteiger charge is -2.36. The van der Waals surface area contributed by atoms with Crippen molar-refractivity contribution in [3.05, 3.63) is 80.9 Å². The molecule has 0 radical (unpaired) electrons. The number of piperazine rings is 1. The number of halogens is 2. The van der Waals surface area contributed by atoms with Crippen molar-refractivity contribution >= 4 is 57.8 Å². The van der Waals surface area contributed by atoms with E-state index in [0.717, 1.165) is 36.9 Å². The van der Waals surface area contributed by atoms with Crippen LogP contribution in [-0.2, 0) is 4.79 Å². The van der Waals surface area contributed by atoms with Crippen molar-refractivity contribution in [3.8, 4) is 11.3 Å². The minimum absolute atomic E-state index is 0.233. The van der Waals surface area contributed by atoms with E-state index in [9.17, 15) is 4.79 Å². The summed E-state index contributed by atoms with van der Waals surface area (Å²) in [6.45, 7) is 5.53. The summed E-state index contributed by atoms with van der Waals surface area (Å²) in [6, 6.07) is 17.6.